The highest BCUT2D eigenvalue weighted by Gasteiger charge is 2.13. The minimum atomic E-state index is 0.644. The molecule has 0 saturated heterocycles. The summed E-state index contributed by atoms with van der Waals surface area (Å²) in [7, 11) is 0. The second-order valence-corrected chi connectivity index (χ2v) is 2.67. The minimum absolute atomic E-state index is 0.644. The van der Waals surface area contributed by atoms with Crippen LogP contribution in [0.2, 0.25) is 0 Å². The highest BCUT2D eigenvalue weighted by molar-refractivity contribution is 5.61. The summed E-state index contributed by atoms with van der Waals surface area (Å²) in [5.74, 6) is 0.764. The van der Waals surface area contributed by atoms with Gasteiger partial charge in [-0.25, -0.2) is 0 Å². The van der Waals surface area contributed by atoms with Crippen molar-refractivity contribution < 1.29 is 4.74 Å². The summed E-state index contributed by atoms with van der Waals surface area (Å²) in [6, 6.07) is 3.71. The summed E-state index contributed by atoms with van der Waals surface area (Å²) in [5.41, 5.74) is 4.15. The van der Waals surface area contributed by atoms with E-state index in [4.69, 9.17) is 4.74 Å². The molecule has 71 valence electrons. The molecule has 1 aromatic heterocycles. The van der Waals surface area contributed by atoms with Gasteiger partial charge in [0.05, 0.1) is 18.5 Å². The fourth-order valence-electron chi connectivity index (χ4n) is 1.11. The Kier molecular flexibility index (Phi) is 2.40. The van der Waals surface area contributed by atoms with Gasteiger partial charge in [-0.1, -0.05) is 5.43 Å². The van der Waals surface area contributed by atoms with Crippen molar-refractivity contribution >= 4 is 5.70 Å². The van der Waals surface area contributed by atoms with Gasteiger partial charge in [0.1, 0.15) is 17.1 Å². The van der Waals surface area contributed by atoms with Crippen LogP contribution < -0.4 is 15.4 Å². The Hall–Kier alpha value is -1.91. The minimum Gasteiger partial charge on any atom is -0.492 e. The first-order valence-corrected chi connectivity index (χ1v) is 4.36. The van der Waals surface area contributed by atoms with Gasteiger partial charge < -0.3 is 4.74 Å². The Morgan fingerprint density at radius 3 is 3.00 bits per heavy atom. The lowest BCUT2D eigenvalue weighted by Crippen LogP contribution is -1.98. The molecule has 0 atom stereocenters. The lowest BCUT2D eigenvalue weighted by Gasteiger charge is -2.01. The van der Waals surface area contributed by atoms with Crippen LogP contribution in [0.3, 0.4) is 0 Å². The molecule has 1 N–H and O–H groups in total. The number of nitrogens with one attached hydrogen (secondary N) is 1. The van der Waals surface area contributed by atoms with Gasteiger partial charge in [0.25, 0.3) is 0 Å². The molecule has 5 heteroatoms. The zero-order valence-electron chi connectivity index (χ0n) is 7.77. The largest absolute Gasteiger partial charge is 0.492 e. The van der Waals surface area contributed by atoms with E-state index in [1.807, 2.05) is 19.1 Å². The van der Waals surface area contributed by atoms with Crippen LogP contribution in [0.1, 0.15) is 12.6 Å². The Morgan fingerprint density at radius 2 is 2.43 bits per heavy atom. The quantitative estimate of drug-likeness (QED) is 0.775. The molecule has 0 saturated carbocycles. The van der Waals surface area contributed by atoms with E-state index in [-0.39, 0.29) is 0 Å². The first kappa shape index (κ1) is 8.68. The van der Waals surface area contributed by atoms with Crippen molar-refractivity contribution in [2.24, 2.45) is 5.11 Å². The second kappa shape index (κ2) is 3.87. The third kappa shape index (κ3) is 1.71. The van der Waals surface area contributed by atoms with Gasteiger partial charge in [0.2, 0.25) is 0 Å². The lowest BCUT2D eigenvalue weighted by molar-refractivity contribution is 0.339. The number of aromatic nitrogens is 1. The van der Waals surface area contributed by atoms with Crippen molar-refractivity contribution in [3.8, 4) is 5.75 Å². The third-order valence-corrected chi connectivity index (χ3v) is 1.73. The Bertz CT molecular complexity index is 369. The van der Waals surface area contributed by atoms with Crippen molar-refractivity contribution in [3.05, 3.63) is 30.2 Å². The molecule has 14 heavy (non-hydrogen) atoms. The van der Waals surface area contributed by atoms with Crippen LogP contribution in [0.5, 0.6) is 5.75 Å². The van der Waals surface area contributed by atoms with Gasteiger partial charge in [-0.3, -0.25) is 4.98 Å². The third-order valence-electron chi connectivity index (χ3n) is 1.73. The second-order valence-electron chi connectivity index (χ2n) is 2.67. The molecule has 2 heterocycles. The standard InChI is InChI=1S/C9H10N4O/c1-2-14-7-3-4-8(10-5-7)9-6-11-13-12-9/h3-6H,2H2,1H3,(H,11,12)/q+1. The number of pyridine rings is 1. The number of hydrogen-bond acceptors (Lipinski definition) is 5. The maximum atomic E-state index is 5.27. The first-order valence-electron chi connectivity index (χ1n) is 4.36. The maximum Gasteiger partial charge on any atom is 0.330 e. The monoisotopic (exact) mass is 190 g/mol. The van der Waals surface area contributed by atoms with Crippen LogP contribution in [0, 0.1) is 0 Å². The van der Waals surface area contributed by atoms with E-state index in [1.165, 1.54) is 0 Å². The van der Waals surface area contributed by atoms with Crippen molar-refractivity contribution in [3.63, 3.8) is 0 Å². The normalized spacial score (nSPS) is 13.6. The summed E-state index contributed by atoms with van der Waals surface area (Å²) < 4.78 is 5.27. The van der Waals surface area contributed by atoms with Crippen molar-refractivity contribution in [1.29, 1.82) is 0 Å². The molecule has 0 aromatic carbocycles. The van der Waals surface area contributed by atoms with E-state index in [1.54, 1.807) is 12.4 Å². The highest BCUT2D eigenvalue weighted by atomic mass is 16.5. The zero-order chi connectivity index (χ0) is 9.80. The smallest absolute Gasteiger partial charge is 0.330 e. The van der Waals surface area contributed by atoms with Crippen LogP contribution in [0.25, 0.3) is 5.70 Å². The average molecular weight is 190 g/mol. The molecule has 1 aliphatic heterocycles. The van der Waals surface area contributed by atoms with Crippen LogP contribution >= 0.6 is 0 Å². The maximum absolute atomic E-state index is 5.27. The molecule has 2 rings (SSSR count). The fourth-order valence-corrected chi connectivity index (χ4v) is 1.11. The predicted molar refractivity (Wildman–Crippen MR) is 51.1 cm³/mol. The molecule has 1 radical (unpaired) electrons. The van der Waals surface area contributed by atoms with Crippen LogP contribution in [-0.2, 0) is 0 Å². The summed E-state index contributed by atoms with van der Waals surface area (Å²) in [5, 5.41) is 7.46. The van der Waals surface area contributed by atoms with E-state index in [9.17, 15) is 0 Å². The topological polar surface area (TPSA) is 60.6 Å². The van der Waals surface area contributed by atoms with E-state index in [2.05, 4.69) is 20.7 Å². The van der Waals surface area contributed by atoms with Crippen LogP contribution in [0.4, 0.5) is 0 Å². The lowest BCUT2D eigenvalue weighted by atomic mass is 10.3. The van der Waals surface area contributed by atoms with Gasteiger partial charge in [-0.2, -0.15) is 0 Å². The first-order chi connectivity index (χ1) is 6.90. The number of ether oxygens (including phenoxy) is 1. The van der Waals surface area contributed by atoms with E-state index < -0.39 is 0 Å². The molecular weight excluding hydrogens is 180 g/mol. The molecule has 1 aromatic rings. The molecule has 0 unspecified atom stereocenters. The van der Waals surface area contributed by atoms with E-state index >= 15 is 0 Å². The number of rotatable bonds is 3. The summed E-state index contributed by atoms with van der Waals surface area (Å²) in [6.07, 6.45) is 3.37. The predicted octanol–water partition coefficient (Wildman–Crippen LogP) is 1.08. The van der Waals surface area contributed by atoms with Gasteiger partial charge in [-0.15, -0.1) is 0 Å². The molecule has 0 fully saturated rings. The van der Waals surface area contributed by atoms with Crippen molar-refractivity contribution in [2.45, 2.75) is 6.92 Å². The fraction of sp³-hybridized carbons (Fsp3) is 0.222. The summed E-state index contributed by atoms with van der Waals surface area (Å²) in [6.45, 7) is 2.58. The molecule has 0 spiro atoms. The summed E-state index contributed by atoms with van der Waals surface area (Å²) >= 11 is 0. The highest BCUT2D eigenvalue weighted by Crippen LogP contribution is 2.16. The molecule has 0 aliphatic carbocycles. The molecular formula is C9H10N4O+. The number of nitrogens with zero attached hydrogens (tertiary/aromatic N) is 3. The molecule has 0 amide bonds. The van der Waals surface area contributed by atoms with E-state index in [0.29, 0.717) is 6.61 Å². The van der Waals surface area contributed by atoms with Gasteiger partial charge in [-0.05, 0) is 19.1 Å². The average Bonchev–Trinajstić information content (AvgIpc) is 2.72. The molecule has 0 bridgehead atoms. The Labute approximate surface area is 81.5 Å². The SMILES string of the molecule is CCOc1ccc(C2=CN[N+]=N2)nc1. The van der Waals surface area contributed by atoms with Crippen LogP contribution in [-0.4, -0.2) is 11.6 Å². The molecule has 5 nitrogen and oxygen atoms in total. The zero-order valence-corrected chi connectivity index (χ0v) is 7.77. The summed E-state index contributed by atoms with van der Waals surface area (Å²) in [4.78, 5) is 4.19. The van der Waals surface area contributed by atoms with Crippen LogP contribution in [0.15, 0.2) is 29.6 Å². The number of hydrogen-bond donors (Lipinski definition) is 1. The van der Waals surface area contributed by atoms with Gasteiger partial charge in [0, 0.05) is 0 Å². The molecule has 1 aliphatic rings. The van der Waals surface area contributed by atoms with Gasteiger partial charge >= 0.3 is 5.22 Å². The van der Waals surface area contributed by atoms with Crippen molar-refractivity contribution in [2.75, 3.05) is 6.61 Å². The Morgan fingerprint density at radius 1 is 1.50 bits per heavy atom. The van der Waals surface area contributed by atoms with E-state index in [0.717, 1.165) is 17.1 Å². The van der Waals surface area contributed by atoms with Crippen molar-refractivity contribution in [1.82, 2.24) is 15.6 Å². The Balaban J connectivity index is 2.17. The van der Waals surface area contributed by atoms with Gasteiger partial charge in [0.15, 0.2) is 5.70 Å².